The number of hydrogen-bond donors (Lipinski definition) is 2. The first-order chi connectivity index (χ1) is 10.5. The number of carbonyl (C=O) groups excluding carboxylic acids is 1. The quantitative estimate of drug-likeness (QED) is 0.846. The maximum Gasteiger partial charge on any atom is 0.228 e. The first-order valence-corrected chi connectivity index (χ1v) is 8.04. The van der Waals surface area contributed by atoms with Crippen LogP contribution < -0.4 is 10.6 Å². The van der Waals surface area contributed by atoms with Crippen molar-refractivity contribution in [2.45, 2.75) is 32.1 Å². The number of piperidine rings is 1. The summed E-state index contributed by atoms with van der Waals surface area (Å²) in [4.78, 5) is 12.8. The number of carbonyl (C=O) groups is 1. The van der Waals surface area contributed by atoms with Gasteiger partial charge in [0.05, 0.1) is 12.0 Å². The van der Waals surface area contributed by atoms with Gasteiger partial charge in [-0.3, -0.25) is 4.79 Å². The van der Waals surface area contributed by atoms with Gasteiger partial charge in [-0.1, -0.05) is 44.2 Å². The van der Waals surface area contributed by atoms with Gasteiger partial charge in [0.25, 0.3) is 0 Å². The van der Waals surface area contributed by atoms with Crippen LogP contribution in [0.3, 0.4) is 0 Å². The van der Waals surface area contributed by atoms with Gasteiger partial charge in [-0.25, -0.2) is 0 Å². The van der Waals surface area contributed by atoms with Gasteiger partial charge in [0.15, 0.2) is 0 Å². The maximum absolute atomic E-state index is 12.8. The zero-order valence-corrected chi connectivity index (χ0v) is 13.9. The van der Waals surface area contributed by atoms with Gasteiger partial charge >= 0.3 is 0 Å². The molecule has 0 unspecified atom stereocenters. The summed E-state index contributed by atoms with van der Waals surface area (Å²) in [6.07, 6.45) is 1.66. The molecular weight excluding hydrogens is 276 g/mol. The fourth-order valence-electron chi connectivity index (χ4n) is 3.10. The van der Waals surface area contributed by atoms with Crippen LogP contribution in [0.2, 0.25) is 0 Å². The molecule has 1 aliphatic rings. The largest absolute Gasteiger partial charge is 0.384 e. The third-order valence-corrected chi connectivity index (χ3v) is 4.71. The second-order valence-corrected chi connectivity index (χ2v) is 6.90. The predicted molar refractivity (Wildman–Crippen MR) is 88.9 cm³/mol. The molecule has 2 rings (SSSR count). The van der Waals surface area contributed by atoms with Crippen LogP contribution in [0.5, 0.6) is 0 Å². The summed E-state index contributed by atoms with van der Waals surface area (Å²) in [5.74, 6) is 0.125. The van der Waals surface area contributed by atoms with Crippen molar-refractivity contribution in [1.82, 2.24) is 10.6 Å². The van der Waals surface area contributed by atoms with E-state index in [9.17, 15) is 4.79 Å². The minimum Gasteiger partial charge on any atom is -0.384 e. The lowest BCUT2D eigenvalue weighted by molar-refractivity contribution is -0.136. The van der Waals surface area contributed by atoms with Crippen molar-refractivity contribution < 1.29 is 9.53 Å². The minimum atomic E-state index is -0.382. The average Bonchev–Trinajstić information content (AvgIpc) is 2.54. The number of hydrogen-bond acceptors (Lipinski definition) is 3. The lowest BCUT2D eigenvalue weighted by atomic mass is 9.78. The molecule has 0 radical (unpaired) electrons. The monoisotopic (exact) mass is 304 g/mol. The number of rotatable bonds is 6. The molecule has 1 aromatic carbocycles. The van der Waals surface area contributed by atoms with E-state index in [-0.39, 0.29) is 16.7 Å². The smallest absolute Gasteiger partial charge is 0.228 e. The van der Waals surface area contributed by atoms with Crippen LogP contribution in [0, 0.1) is 5.41 Å². The summed E-state index contributed by atoms with van der Waals surface area (Å²) >= 11 is 0. The number of ether oxygens (including phenoxy) is 1. The molecule has 1 heterocycles. The van der Waals surface area contributed by atoms with Crippen molar-refractivity contribution in [1.29, 1.82) is 0 Å². The number of methoxy groups -OCH3 is 1. The van der Waals surface area contributed by atoms with Crippen LogP contribution in [0.4, 0.5) is 0 Å². The van der Waals surface area contributed by atoms with E-state index in [4.69, 9.17) is 4.74 Å². The van der Waals surface area contributed by atoms with E-state index < -0.39 is 0 Å². The first kappa shape index (κ1) is 17.0. The highest BCUT2D eigenvalue weighted by Gasteiger charge is 2.40. The molecule has 1 saturated heterocycles. The molecule has 0 saturated carbocycles. The molecule has 0 bridgehead atoms. The molecule has 1 amide bonds. The Kier molecular flexibility index (Phi) is 5.59. The zero-order valence-electron chi connectivity index (χ0n) is 13.9. The second-order valence-electron chi connectivity index (χ2n) is 6.90. The van der Waals surface area contributed by atoms with E-state index >= 15 is 0 Å². The Bertz CT molecular complexity index is 474. The van der Waals surface area contributed by atoms with Gasteiger partial charge < -0.3 is 15.4 Å². The lowest BCUT2D eigenvalue weighted by Gasteiger charge is -2.36. The Hall–Kier alpha value is -1.39. The summed E-state index contributed by atoms with van der Waals surface area (Å²) in [7, 11) is 1.67. The van der Waals surface area contributed by atoms with Crippen molar-refractivity contribution >= 4 is 5.91 Å². The van der Waals surface area contributed by atoms with Crippen molar-refractivity contribution in [2.24, 2.45) is 5.41 Å². The van der Waals surface area contributed by atoms with Gasteiger partial charge in [0.2, 0.25) is 5.91 Å². The number of amides is 1. The summed E-state index contributed by atoms with van der Waals surface area (Å²) < 4.78 is 5.33. The summed E-state index contributed by atoms with van der Waals surface area (Å²) in [6.45, 7) is 7.20. The molecule has 0 aromatic heterocycles. The topological polar surface area (TPSA) is 50.4 Å². The van der Waals surface area contributed by atoms with Gasteiger partial charge in [-0.05, 0) is 31.5 Å². The number of benzene rings is 1. The third-order valence-electron chi connectivity index (χ3n) is 4.71. The van der Waals surface area contributed by atoms with Crippen molar-refractivity contribution in [3.63, 3.8) is 0 Å². The lowest BCUT2D eigenvalue weighted by Crippen LogP contribution is -2.52. The van der Waals surface area contributed by atoms with Gasteiger partial charge in [0.1, 0.15) is 0 Å². The van der Waals surface area contributed by atoms with E-state index in [0.717, 1.165) is 25.9 Å². The van der Waals surface area contributed by atoms with Crippen LogP contribution in [-0.2, 0) is 14.9 Å². The number of nitrogens with one attached hydrogen (secondary N) is 2. The van der Waals surface area contributed by atoms with Crippen LogP contribution in [-0.4, -0.2) is 39.3 Å². The van der Waals surface area contributed by atoms with E-state index in [1.54, 1.807) is 7.11 Å². The molecule has 0 spiro atoms. The highest BCUT2D eigenvalue weighted by molar-refractivity contribution is 5.83. The van der Waals surface area contributed by atoms with Crippen LogP contribution in [0.15, 0.2) is 30.3 Å². The van der Waals surface area contributed by atoms with E-state index in [2.05, 4.69) is 36.6 Å². The molecule has 1 aliphatic heterocycles. The van der Waals surface area contributed by atoms with Crippen LogP contribution >= 0.6 is 0 Å². The average molecular weight is 304 g/mol. The van der Waals surface area contributed by atoms with Crippen molar-refractivity contribution in [2.75, 3.05) is 33.4 Å². The fraction of sp³-hybridized carbons (Fsp3) is 0.611. The Balaban J connectivity index is 2.01. The maximum atomic E-state index is 12.8. The van der Waals surface area contributed by atoms with Crippen LogP contribution in [0.1, 0.15) is 32.3 Å². The van der Waals surface area contributed by atoms with E-state index in [1.807, 2.05) is 18.2 Å². The molecule has 4 heteroatoms. The Labute approximate surface area is 133 Å². The highest BCUT2D eigenvalue weighted by Crippen LogP contribution is 2.30. The zero-order chi connectivity index (χ0) is 16.1. The van der Waals surface area contributed by atoms with Gasteiger partial charge in [-0.15, -0.1) is 0 Å². The molecule has 1 fully saturated rings. The molecule has 0 atom stereocenters. The Morgan fingerprint density at radius 1 is 1.27 bits per heavy atom. The SMILES string of the molecule is COCC1(C(=O)NCC(C)(C)c2ccccc2)CCNCC1. The van der Waals surface area contributed by atoms with Gasteiger partial charge in [-0.2, -0.15) is 0 Å². The van der Waals surface area contributed by atoms with Crippen molar-refractivity contribution in [3.8, 4) is 0 Å². The summed E-state index contributed by atoms with van der Waals surface area (Å²) in [6, 6.07) is 10.3. The molecule has 1 aromatic rings. The Morgan fingerprint density at radius 2 is 1.91 bits per heavy atom. The molecular formula is C18H28N2O2. The fourth-order valence-corrected chi connectivity index (χ4v) is 3.10. The van der Waals surface area contributed by atoms with E-state index in [0.29, 0.717) is 13.2 Å². The predicted octanol–water partition coefficient (Wildman–Crippen LogP) is 2.10. The normalized spacial score (nSPS) is 18.0. The molecule has 2 N–H and O–H groups in total. The van der Waals surface area contributed by atoms with E-state index in [1.165, 1.54) is 5.56 Å². The van der Waals surface area contributed by atoms with Crippen molar-refractivity contribution in [3.05, 3.63) is 35.9 Å². The van der Waals surface area contributed by atoms with Crippen LogP contribution in [0.25, 0.3) is 0 Å². The second kappa shape index (κ2) is 7.25. The standard InChI is InChI=1S/C18H28N2O2/c1-17(2,15-7-5-4-6-8-15)13-20-16(21)18(14-22-3)9-11-19-12-10-18/h4-8,19H,9-14H2,1-3H3,(H,20,21). The third kappa shape index (κ3) is 3.87. The summed E-state index contributed by atoms with van der Waals surface area (Å²) in [5, 5.41) is 6.49. The van der Waals surface area contributed by atoms with Gasteiger partial charge in [0, 0.05) is 19.1 Å². The molecule has 122 valence electrons. The minimum absolute atomic E-state index is 0.0852. The summed E-state index contributed by atoms with van der Waals surface area (Å²) in [5.41, 5.74) is 0.770. The Morgan fingerprint density at radius 3 is 2.50 bits per heavy atom. The molecule has 0 aliphatic carbocycles. The molecule has 4 nitrogen and oxygen atoms in total. The first-order valence-electron chi connectivity index (χ1n) is 8.04. The highest BCUT2D eigenvalue weighted by atomic mass is 16.5. The molecule has 22 heavy (non-hydrogen) atoms.